The Kier molecular flexibility index (Phi) is 4.97. The number of nitro benzene ring substituents is 1. The molecule has 0 saturated heterocycles. The fourth-order valence-electron chi connectivity index (χ4n) is 1.68. The van der Waals surface area contributed by atoms with Gasteiger partial charge >= 0.3 is 0 Å². The van der Waals surface area contributed by atoms with Crippen molar-refractivity contribution in [3.05, 3.63) is 39.7 Å². The second-order valence-electron chi connectivity index (χ2n) is 4.62. The molecule has 0 aliphatic rings. The van der Waals surface area contributed by atoms with E-state index in [1.54, 1.807) is 7.05 Å². The van der Waals surface area contributed by atoms with E-state index in [1.165, 1.54) is 4.90 Å². The largest absolute Gasteiger partial charge is 0.341 e. The summed E-state index contributed by atoms with van der Waals surface area (Å²) in [5.74, 6) is -0.996. The molecule has 104 valence electrons. The molecule has 1 aromatic rings. The molecule has 0 spiro atoms. The van der Waals surface area contributed by atoms with Crippen molar-refractivity contribution in [2.75, 3.05) is 13.6 Å². The third-order valence-electron chi connectivity index (χ3n) is 3.02. The van der Waals surface area contributed by atoms with Crippen LogP contribution in [0.1, 0.15) is 30.6 Å². The quantitative estimate of drug-likeness (QED) is 0.609. The van der Waals surface area contributed by atoms with Crippen molar-refractivity contribution in [2.24, 2.45) is 5.92 Å². The number of nitrogens with zero attached hydrogens (tertiary/aromatic N) is 2. The van der Waals surface area contributed by atoms with E-state index in [1.807, 2.05) is 13.8 Å². The first kappa shape index (κ1) is 15.1. The van der Waals surface area contributed by atoms with E-state index in [9.17, 15) is 19.3 Å². The minimum absolute atomic E-state index is 0.264. The van der Waals surface area contributed by atoms with Gasteiger partial charge in [-0.15, -0.1) is 0 Å². The molecular formula is C13H17FN2O3. The molecule has 0 radical (unpaired) electrons. The van der Waals surface area contributed by atoms with Gasteiger partial charge in [0.2, 0.25) is 0 Å². The molecule has 0 heterocycles. The maximum absolute atomic E-state index is 13.6. The van der Waals surface area contributed by atoms with Crippen LogP contribution in [0.3, 0.4) is 0 Å². The van der Waals surface area contributed by atoms with Crippen LogP contribution in [-0.4, -0.2) is 29.3 Å². The van der Waals surface area contributed by atoms with Crippen LogP contribution < -0.4 is 0 Å². The molecule has 6 heteroatoms. The number of hydrogen-bond acceptors (Lipinski definition) is 3. The second kappa shape index (κ2) is 6.26. The lowest BCUT2D eigenvalue weighted by Gasteiger charge is -2.21. The van der Waals surface area contributed by atoms with Crippen molar-refractivity contribution in [1.29, 1.82) is 0 Å². The number of carbonyl (C=O) groups excluding carboxylic acids is 1. The summed E-state index contributed by atoms with van der Waals surface area (Å²) in [6, 6.07) is 2.97. The highest BCUT2D eigenvalue weighted by Crippen LogP contribution is 2.18. The number of non-ortho nitro benzene ring substituents is 1. The first-order valence-electron chi connectivity index (χ1n) is 6.06. The number of carbonyl (C=O) groups is 1. The van der Waals surface area contributed by atoms with Crippen molar-refractivity contribution in [3.63, 3.8) is 0 Å². The van der Waals surface area contributed by atoms with E-state index in [-0.39, 0.29) is 17.2 Å². The molecule has 0 saturated carbocycles. The van der Waals surface area contributed by atoms with E-state index in [0.717, 1.165) is 24.6 Å². The standard InChI is InChI=1S/C13H17FN2O3/c1-4-9(2)8-15(3)13(17)11-7-10(16(18)19)5-6-12(11)14/h5-7,9H,4,8H2,1-3H3. The van der Waals surface area contributed by atoms with Gasteiger partial charge in [-0.05, 0) is 12.0 Å². The third-order valence-corrected chi connectivity index (χ3v) is 3.02. The first-order chi connectivity index (χ1) is 8.86. The summed E-state index contributed by atoms with van der Waals surface area (Å²) in [6.45, 7) is 4.46. The van der Waals surface area contributed by atoms with Gasteiger partial charge < -0.3 is 4.90 Å². The minimum atomic E-state index is -0.744. The van der Waals surface area contributed by atoms with E-state index >= 15 is 0 Å². The summed E-state index contributed by atoms with van der Waals surface area (Å²) in [6.07, 6.45) is 0.898. The lowest BCUT2D eigenvalue weighted by molar-refractivity contribution is -0.384. The Morgan fingerprint density at radius 2 is 2.16 bits per heavy atom. The molecule has 1 atom stereocenters. The van der Waals surface area contributed by atoms with Crippen LogP contribution >= 0.6 is 0 Å². The normalized spacial score (nSPS) is 12.0. The molecule has 1 rings (SSSR count). The Balaban J connectivity index is 2.98. The van der Waals surface area contributed by atoms with Gasteiger partial charge in [0.25, 0.3) is 11.6 Å². The Morgan fingerprint density at radius 1 is 1.53 bits per heavy atom. The van der Waals surface area contributed by atoms with Gasteiger partial charge in [0.15, 0.2) is 0 Å². The second-order valence-corrected chi connectivity index (χ2v) is 4.62. The number of amides is 1. The summed E-state index contributed by atoms with van der Waals surface area (Å²) in [7, 11) is 1.56. The molecule has 1 amide bonds. The fourth-order valence-corrected chi connectivity index (χ4v) is 1.68. The van der Waals surface area contributed by atoms with Crippen molar-refractivity contribution in [2.45, 2.75) is 20.3 Å². The number of nitro groups is 1. The Labute approximate surface area is 111 Å². The number of benzene rings is 1. The van der Waals surface area contributed by atoms with Gasteiger partial charge in [0.1, 0.15) is 5.82 Å². The molecule has 5 nitrogen and oxygen atoms in total. The molecule has 0 fully saturated rings. The summed E-state index contributed by atoms with van der Waals surface area (Å²) >= 11 is 0. The molecule has 0 bridgehead atoms. The predicted octanol–water partition coefficient (Wildman–Crippen LogP) is 2.85. The SMILES string of the molecule is CCC(C)CN(C)C(=O)c1cc([N+](=O)[O-])ccc1F. The summed E-state index contributed by atoms with van der Waals surface area (Å²) in [4.78, 5) is 23.4. The maximum Gasteiger partial charge on any atom is 0.270 e. The molecule has 0 N–H and O–H groups in total. The van der Waals surface area contributed by atoms with Crippen LogP contribution in [0.2, 0.25) is 0 Å². The van der Waals surface area contributed by atoms with Crippen LogP contribution in [0, 0.1) is 21.8 Å². The van der Waals surface area contributed by atoms with Crippen molar-refractivity contribution in [1.82, 2.24) is 4.90 Å². The van der Waals surface area contributed by atoms with Crippen LogP contribution in [0.15, 0.2) is 18.2 Å². The van der Waals surface area contributed by atoms with Gasteiger partial charge in [-0.2, -0.15) is 0 Å². The lowest BCUT2D eigenvalue weighted by Crippen LogP contribution is -2.31. The zero-order valence-corrected chi connectivity index (χ0v) is 11.2. The molecule has 0 aliphatic heterocycles. The van der Waals surface area contributed by atoms with Crippen molar-refractivity contribution < 1.29 is 14.1 Å². The Morgan fingerprint density at radius 3 is 2.68 bits per heavy atom. The van der Waals surface area contributed by atoms with E-state index < -0.39 is 16.6 Å². The molecule has 1 unspecified atom stereocenters. The van der Waals surface area contributed by atoms with E-state index in [0.29, 0.717) is 6.54 Å². The van der Waals surface area contributed by atoms with Gasteiger partial charge in [0.05, 0.1) is 10.5 Å². The zero-order valence-electron chi connectivity index (χ0n) is 11.2. The molecule has 19 heavy (non-hydrogen) atoms. The molecule has 0 aliphatic carbocycles. The Bertz CT molecular complexity index is 491. The van der Waals surface area contributed by atoms with Crippen LogP contribution in [0.25, 0.3) is 0 Å². The molecule has 1 aromatic carbocycles. The van der Waals surface area contributed by atoms with Gasteiger partial charge in [-0.25, -0.2) is 4.39 Å². The average Bonchev–Trinajstić information content (AvgIpc) is 2.37. The summed E-state index contributed by atoms with van der Waals surface area (Å²) < 4.78 is 13.6. The highest BCUT2D eigenvalue weighted by atomic mass is 19.1. The van der Waals surface area contributed by atoms with Crippen molar-refractivity contribution >= 4 is 11.6 Å². The van der Waals surface area contributed by atoms with E-state index in [2.05, 4.69) is 0 Å². The van der Waals surface area contributed by atoms with Crippen molar-refractivity contribution in [3.8, 4) is 0 Å². The zero-order chi connectivity index (χ0) is 14.6. The molecule has 0 aromatic heterocycles. The topological polar surface area (TPSA) is 63.5 Å². The lowest BCUT2D eigenvalue weighted by atomic mass is 10.1. The van der Waals surface area contributed by atoms with Crippen LogP contribution in [0.4, 0.5) is 10.1 Å². The summed E-state index contributed by atoms with van der Waals surface area (Å²) in [5, 5.41) is 10.6. The smallest absolute Gasteiger partial charge is 0.270 e. The highest BCUT2D eigenvalue weighted by Gasteiger charge is 2.20. The predicted molar refractivity (Wildman–Crippen MR) is 69.5 cm³/mol. The number of hydrogen-bond donors (Lipinski definition) is 0. The third kappa shape index (κ3) is 3.74. The van der Waals surface area contributed by atoms with Gasteiger partial charge in [-0.3, -0.25) is 14.9 Å². The van der Waals surface area contributed by atoms with Gasteiger partial charge in [-0.1, -0.05) is 20.3 Å². The minimum Gasteiger partial charge on any atom is -0.341 e. The van der Waals surface area contributed by atoms with Gasteiger partial charge in [0, 0.05) is 25.7 Å². The number of rotatable bonds is 5. The average molecular weight is 268 g/mol. The fraction of sp³-hybridized carbons (Fsp3) is 0.462. The summed E-state index contributed by atoms with van der Waals surface area (Å²) in [5.41, 5.74) is -0.554. The van der Waals surface area contributed by atoms with E-state index in [4.69, 9.17) is 0 Å². The van der Waals surface area contributed by atoms with Crippen LogP contribution in [-0.2, 0) is 0 Å². The maximum atomic E-state index is 13.6. The monoisotopic (exact) mass is 268 g/mol. The Hall–Kier alpha value is -1.98. The first-order valence-corrected chi connectivity index (χ1v) is 6.06. The van der Waals surface area contributed by atoms with Crippen LogP contribution in [0.5, 0.6) is 0 Å². The molecular weight excluding hydrogens is 251 g/mol. The highest BCUT2D eigenvalue weighted by molar-refractivity contribution is 5.95. The number of halogens is 1.